The van der Waals surface area contributed by atoms with Crippen molar-refractivity contribution in [2.75, 3.05) is 13.2 Å². The number of hydrogen-bond acceptors (Lipinski definition) is 5. The Balaban J connectivity index is 4.43. The highest BCUT2D eigenvalue weighted by molar-refractivity contribution is 5.91. The molecule has 2 atom stereocenters. The lowest BCUT2D eigenvalue weighted by Gasteiger charge is -2.20. The summed E-state index contributed by atoms with van der Waals surface area (Å²) in [7, 11) is 0. The predicted octanol–water partition coefficient (Wildman–Crippen LogP) is -2.42. The van der Waals surface area contributed by atoms with Gasteiger partial charge in [-0.15, -0.1) is 0 Å². The summed E-state index contributed by atoms with van der Waals surface area (Å²) in [4.78, 5) is 33.8. The molecule has 7 N–H and O–H groups in total. The fraction of sp³-hybridized carbons (Fsp3) is 0.727. The zero-order valence-electron chi connectivity index (χ0n) is 11.0. The fourth-order valence-corrected chi connectivity index (χ4v) is 1.49. The van der Waals surface area contributed by atoms with Crippen molar-refractivity contribution in [3.63, 3.8) is 0 Å². The average Bonchev–Trinajstić information content (AvgIpc) is 2.34. The van der Waals surface area contributed by atoms with E-state index in [0.717, 1.165) is 6.42 Å². The van der Waals surface area contributed by atoms with Gasteiger partial charge in [0, 0.05) is 6.92 Å². The summed E-state index contributed by atoms with van der Waals surface area (Å²) in [5.41, 5.74) is 10.5. The molecule has 0 fully saturated rings. The molecule has 0 aliphatic rings. The third-order valence-electron chi connectivity index (χ3n) is 2.48. The summed E-state index contributed by atoms with van der Waals surface area (Å²) in [6.07, 6.45) is 1.74. The van der Waals surface area contributed by atoms with E-state index in [4.69, 9.17) is 16.6 Å². The topological polar surface area (TPSA) is 148 Å². The summed E-state index contributed by atoms with van der Waals surface area (Å²) in [6, 6.07) is -1.92. The first-order chi connectivity index (χ1) is 8.92. The van der Waals surface area contributed by atoms with E-state index < -0.39 is 36.4 Å². The Morgan fingerprint density at radius 2 is 1.79 bits per heavy atom. The Bertz CT molecular complexity index is 322. The van der Waals surface area contributed by atoms with Crippen molar-refractivity contribution in [1.82, 2.24) is 10.6 Å². The van der Waals surface area contributed by atoms with E-state index in [1.807, 2.05) is 0 Å². The van der Waals surface area contributed by atoms with Crippen LogP contribution in [0.1, 0.15) is 26.2 Å². The number of amides is 3. The number of carbonyl (C=O) groups excluding carboxylic acids is 3. The maximum Gasteiger partial charge on any atom is 0.245 e. The third kappa shape index (κ3) is 7.37. The number of hydrogen-bond donors (Lipinski definition) is 5. The van der Waals surface area contributed by atoms with Crippen LogP contribution < -0.4 is 22.1 Å². The van der Waals surface area contributed by atoms with Crippen LogP contribution in [0.2, 0.25) is 0 Å². The number of primary amides is 1. The van der Waals surface area contributed by atoms with E-state index in [1.165, 1.54) is 6.92 Å². The van der Waals surface area contributed by atoms with Crippen molar-refractivity contribution < 1.29 is 19.5 Å². The SMILES string of the molecule is CC(=O)N[C@@H](CO)C(=O)N[C@@H](CCCCN)C(N)=O. The average molecular weight is 274 g/mol. The van der Waals surface area contributed by atoms with Gasteiger partial charge in [-0.25, -0.2) is 0 Å². The Labute approximate surface area is 111 Å². The van der Waals surface area contributed by atoms with Gasteiger partial charge in [0.25, 0.3) is 0 Å². The quantitative estimate of drug-likeness (QED) is 0.297. The first-order valence-corrected chi connectivity index (χ1v) is 6.10. The van der Waals surface area contributed by atoms with Crippen LogP contribution in [-0.2, 0) is 14.4 Å². The van der Waals surface area contributed by atoms with Gasteiger partial charge < -0.3 is 27.2 Å². The molecule has 19 heavy (non-hydrogen) atoms. The first kappa shape index (κ1) is 17.3. The first-order valence-electron chi connectivity index (χ1n) is 6.10. The maximum atomic E-state index is 11.7. The number of rotatable bonds is 9. The second kappa shape index (κ2) is 9.29. The zero-order valence-corrected chi connectivity index (χ0v) is 11.0. The van der Waals surface area contributed by atoms with Gasteiger partial charge in [-0.1, -0.05) is 0 Å². The standard InChI is InChI=1S/C11H22N4O4/c1-7(17)14-9(6-16)11(19)15-8(10(13)18)4-2-3-5-12/h8-9,16H,2-6,12H2,1H3,(H2,13,18)(H,14,17)(H,15,19)/t8-,9-/m0/s1. The molecule has 8 nitrogen and oxygen atoms in total. The van der Waals surface area contributed by atoms with Gasteiger partial charge in [0.2, 0.25) is 17.7 Å². The highest BCUT2D eigenvalue weighted by Gasteiger charge is 2.23. The van der Waals surface area contributed by atoms with E-state index in [9.17, 15) is 14.4 Å². The van der Waals surface area contributed by atoms with E-state index in [-0.39, 0.29) is 0 Å². The molecule has 0 aliphatic carbocycles. The number of carbonyl (C=O) groups is 3. The summed E-state index contributed by atoms with van der Waals surface area (Å²) in [6.45, 7) is 1.16. The summed E-state index contributed by atoms with van der Waals surface area (Å²) < 4.78 is 0. The molecule has 0 aromatic carbocycles. The van der Waals surface area contributed by atoms with Crippen LogP contribution in [-0.4, -0.2) is 48.1 Å². The minimum atomic E-state index is -1.09. The molecule has 3 amide bonds. The zero-order chi connectivity index (χ0) is 14.8. The maximum absolute atomic E-state index is 11.7. The normalized spacial score (nSPS) is 13.4. The lowest BCUT2D eigenvalue weighted by atomic mass is 10.1. The van der Waals surface area contributed by atoms with Crippen LogP contribution >= 0.6 is 0 Å². The molecule has 0 saturated heterocycles. The molecule has 8 heteroatoms. The van der Waals surface area contributed by atoms with E-state index in [1.54, 1.807) is 0 Å². The second-order valence-electron chi connectivity index (χ2n) is 4.18. The van der Waals surface area contributed by atoms with Crippen LogP contribution in [0.5, 0.6) is 0 Å². The molecule has 0 rings (SSSR count). The van der Waals surface area contributed by atoms with Gasteiger partial charge in [-0.05, 0) is 25.8 Å². The fourth-order valence-electron chi connectivity index (χ4n) is 1.49. The molecule has 0 aromatic rings. The van der Waals surface area contributed by atoms with Crippen LogP contribution in [0.25, 0.3) is 0 Å². The number of aliphatic hydroxyl groups excluding tert-OH is 1. The smallest absolute Gasteiger partial charge is 0.245 e. The van der Waals surface area contributed by atoms with Gasteiger partial charge >= 0.3 is 0 Å². The summed E-state index contributed by atoms with van der Waals surface area (Å²) in [5, 5.41) is 13.7. The Morgan fingerprint density at radius 3 is 2.21 bits per heavy atom. The molecular weight excluding hydrogens is 252 g/mol. The van der Waals surface area contributed by atoms with Crippen LogP contribution in [0.15, 0.2) is 0 Å². The highest BCUT2D eigenvalue weighted by atomic mass is 16.3. The van der Waals surface area contributed by atoms with Crippen molar-refractivity contribution in [3.05, 3.63) is 0 Å². The van der Waals surface area contributed by atoms with Crippen molar-refractivity contribution in [2.24, 2.45) is 11.5 Å². The Morgan fingerprint density at radius 1 is 1.16 bits per heavy atom. The molecule has 0 aliphatic heterocycles. The van der Waals surface area contributed by atoms with Gasteiger partial charge in [-0.2, -0.15) is 0 Å². The lowest BCUT2D eigenvalue weighted by molar-refractivity contribution is -0.131. The van der Waals surface area contributed by atoms with E-state index in [0.29, 0.717) is 19.4 Å². The molecule has 0 unspecified atom stereocenters. The molecular formula is C11H22N4O4. The minimum absolute atomic E-state index is 0.372. The molecule has 0 aromatic heterocycles. The Hall–Kier alpha value is -1.67. The largest absolute Gasteiger partial charge is 0.394 e. The van der Waals surface area contributed by atoms with Crippen LogP contribution in [0, 0.1) is 0 Å². The van der Waals surface area contributed by atoms with Gasteiger partial charge in [0.05, 0.1) is 6.61 Å². The number of aliphatic hydroxyl groups is 1. The van der Waals surface area contributed by atoms with Crippen molar-refractivity contribution in [1.29, 1.82) is 0 Å². The summed E-state index contributed by atoms with van der Waals surface area (Å²) >= 11 is 0. The highest BCUT2D eigenvalue weighted by Crippen LogP contribution is 2.00. The molecule has 0 bridgehead atoms. The van der Waals surface area contributed by atoms with Crippen molar-refractivity contribution in [3.8, 4) is 0 Å². The summed E-state index contributed by atoms with van der Waals surface area (Å²) in [5.74, 6) is -1.76. The van der Waals surface area contributed by atoms with E-state index in [2.05, 4.69) is 10.6 Å². The minimum Gasteiger partial charge on any atom is -0.394 e. The lowest BCUT2D eigenvalue weighted by Crippen LogP contribution is -2.53. The molecule has 0 saturated carbocycles. The van der Waals surface area contributed by atoms with Crippen molar-refractivity contribution >= 4 is 17.7 Å². The molecule has 0 spiro atoms. The predicted molar refractivity (Wildman–Crippen MR) is 68.7 cm³/mol. The number of unbranched alkanes of at least 4 members (excludes halogenated alkanes) is 1. The Kier molecular flexibility index (Phi) is 8.47. The number of nitrogens with two attached hydrogens (primary N) is 2. The molecule has 110 valence electrons. The third-order valence-corrected chi connectivity index (χ3v) is 2.48. The van der Waals surface area contributed by atoms with Crippen LogP contribution in [0.3, 0.4) is 0 Å². The monoisotopic (exact) mass is 274 g/mol. The second-order valence-corrected chi connectivity index (χ2v) is 4.18. The number of nitrogens with one attached hydrogen (secondary N) is 2. The molecule has 0 radical (unpaired) electrons. The van der Waals surface area contributed by atoms with Crippen LogP contribution in [0.4, 0.5) is 0 Å². The molecule has 0 heterocycles. The van der Waals surface area contributed by atoms with E-state index >= 15 is 0 Å². The van der Waals surface area contributed by atoms with Gasteiger partial charge in [0.15, 0.2) is 0 Å². The van der Waals surface area contributed by atoms with Gasteiger partial charge in [-0.3, -0.25) is 14.4 Å². The van der Waals surface area contributed by atoms with Crippen molar-refractivity contribution in [2.45, 2.75) is 38.3 Å². The van der Waals surface area contributed by atoms with Gasteiger partial charge in [0.1, 0.15) is 12.1 Å².